The topological polar surface area (TPSA) is 68.1 Å². The predicted octanol–water partition coefficient (Wildman–Crippen LogP) is 1.52. The molecule has 5 nitrogen and oxygen atoms in total. The van der Waals surface area contributed by atoms with Crippen molar-refractivity contribution in [1.82, 2.24) is 0 Å². The van der Waals surface area contributed by atoms with Gasteiger partial charge < -0.3 is 14.6 Å². The quantitative estimate of drug-likeness (QED) is 0.644. The van der Waals surface area contributed by atoms with E-state index in [2.05, 4.69) is 5.18 Å². The zero-order valence-electron chi connectivity index (χ0n) is 5.98. The van der Waals surface area contributed by atoms with Gasteiger partial charge in [-0.3, -0.25) is 0 Å². The molecule has 0 unspecified atom stereocenters. The van der Waals surface area contributed by atoms with Crippen molar-refractivity contribution in [1.29, 1.82) is 0 Å². The van der Waals surface area contributed by atoms with E-state index >= 15 is 0 Å². The third-order valence-electron chi connectivity index (χ3n) is 1.57. The Morgan fingerprint density at radius 1 is 1.33 bits per heavy atom. The number of hydrogen-bond acceptors (Lipinski definition) is 5. The standard InChI is InChI=1S/C7H5NO4/c9-5-2-7-6(11-3-12-7)1-4(5)8-10/h1-2,9H,3H2. The summed E-state index contributed by atoms with van der Waals surface area (Å²) in [6.07, 6.45) is 0. The van der Waals surface area contributed by atoms with Crippen LogP contribution in [-0.4, -0.2) is 11.9 Å². The zero-order chi connectivity index (χ0) is 8.55. The summed E-state index contributed by atoms with van der Waals surface area (Å²) in [5.74, 6) is 0.663. The molecule has 0 fully saturated rings. The summed E-state index contributed by atoms with van der Waals surface area (Å²) in [6, 6.07) is 2.64. The van der Waals surface area contributed by atoms with Gasteiger partial charge in [-0.2, -0.15) is 0 Å². The summed E-state index contributed by atoms with van der Waals surface area (Å²) in [7, 11) is 0. The lowest BCUT2D eigenvalue weighted by Gasteiger charge is -1.97. The molecule has 2 rings (SSSR count). The molecule has 5 heteroatoms. The summed E-state index contributed by atoms with van der Waals surface area (Å²) >= 11 is 0. The van der Waals surface area contributed by atoms with Gasteiger partial charge >= 0.3 is 0 Å². The predicted molar refractivity (Wildman–Crippen MR) is 39.7 cm³/mol. The minimum absolute atomic E-state index is 0.0424. The van der Waals surface area contributed by atoms with E-state index in [4.69, 9.17) is 14.6 Å². The molecule has 0 amide bonds. The first-order valence-corrected chi connectivity index (χ1v) is 3.27. The second-order valence-corrected chi connectivity index (χ2v) is 2.29. The van der Waals surface area contributed by atoms with Crippen molar-refractivity contribution in [2.24, 2.45) is 5.18 Å². The highest BCUT2D eigenvalue weighted by Gasteiger charge is 2.16. The van der Waals surface area contributed by atoms with Crippen molar-refractivity contribution in [2.45, 2.75) is 0 Å². The van der Waals surface area contributed by atoms with Crippen molar-refractivity contribution in [2.75, 3.05) is 6.79 Å². The Bertz CT molecular complexity index is 336. The molecule has 0 atom stereocenters. The van der Waals surface area contributed by atoms with Crippen LogP contribution in [0.15, 0.2) is 17.3 Å². The summed E-state index contributed by atoms with van der Waals surface area (Å²) in [5, 5.41) is 11.8. The van der Waals surface area contributed by atoms with Crippen LogP contribution in [0.25, 0.3) is 0 Å². The molecule has 0 aliphatic carbocycles. The molecule has 1 aliphatic rings. The second kappa shape index (κ2) is 2.37. The minimum Gasteiger partial charge on any atom is -0.505 e. The van der Waals surface area contributed by atoms with Gasteiger partial charge in [0, 0.05) is 12.1 Å². The first kappa shape index (κ1) is 6.90. The van der Waals surface area contributed by atoms with Gasteiger partial charge in [-0.05, 0) is 5.18 Å². The Hall–Kier alpha value is -1.78. The first-order valence-electron chi connectivity index (χ1n) is 3.27. The molecule has 0 saturated heterocycles. The van der Waals surface area contributed by atoms with Crippen LogP contribution in [0.4, 0.5) is 5.69 Å². The zero-order valence-corrected chi connectivity index (χ0v) is 5.98. The molecular weight excluding hydrogens is 162 g/mol. The number of rotatable bonds is 1. The minimum atomic E-state index is -0.200. The second-order valence-electron chi connectivity index (χ2n) is 2.29. The Kier molecular flexibility index (Phi) is 1.36. The number of ether oxygens (including phenoxy) is 2. The highest BCUT2D eigenvalue weighted by molar-refractivity contribution is 5.61. The number of nitrogens with zero attached hydrogens (tertiary/aromatic N) is 1. The number of hydrogen-bond donors (Lipinski definition) is 1. The van der Waals surface area contributed by atoms with E-state index in [1.807, 2.05) is 0 Å². The Morgan fingerprint density at radius 2 is 2.00 bits per heavy atom. The third kappa shape index (κ3) is 0.868. The van der Waals surface area contributed by atoms with Crippen LogP contribution in [0, 0.1) is 4.91 Å². The molecular formula is C7H5NO4. The highest BCUT2D eigenvalue weighted by Crippen LogP contribution is 2.41. The fourth-order valence-corrected chi connectivity index (χ4v) is 0.994. The van der Waals surface area contributed by atoms with Crippen LogP contribution in [0.2, 0.25) is 0 Å². The fraction of sp³-hybridized carbons (Fsp3) is 0.143. The molecule has 62 valence electrons. The number of nitroso groups, excluding NO2 is 1. The normalized spacial score (nSPS) is 13.0. The lowest BCUT2D eigenvalue weighted by atomic mass is 10.2. The molecule has 12 heavy (non-hydrogen) atoms. The van der Waals surface area contributed by atoms with Gasteiger partial charge in [-0.25, -0.2) is 0 Å². The number of phenolic OH excluding ortho intramolecular Hbond substituents is 1. The smallest absolute Gasteiger partial charge is 0.231 e. The van der Waals surface area contributed by atoms with E-state index in [1.165, 1.54) is 12.1 Å². The van der Waals surface area contributed by atoms with Gasteiger partial charge in [-0.15, -0.1) is 4.91 Å². The third-order valence-corrected chi connectivity index (χ3v) is 1.57. The maximum absolute atomic E-state index is 10.1. The molecule has 0 radical (unpaired) electrons. The van der Waals surface area contributed by atoms with Crippen molar-refractivity contribution in [3.63, 3.8) is 0 Å². The molecule has 1 aromatic carbocycles. The van der Waals surface area contributed by atoms with Gasteiger partial charge in [0.25, 0.3) is 0 Å². The van der Waals surface area contributed by atoms with E-state index < -0.39 is 0 Å². The monoisotopic (exact) mass is 167 g/mol. The first-order chi connectivity index (χ1) is 5.81. The Balaban J connectivity index is 2.56. The number of fused-ring (bicyclic) bond motifs is 1. The average Bonchev–Trinajstić information content (AvgIpc) is 2.49. The van der Waals surface area contributed by atoms with Crippen molar-refractivity contribution < 1.29 is 14.6 Å². The summed E-state index contributed by atoms with van der Waals surface area (Å²) < 4.78 is 9.92. The van der Waals surface area contributed by atoms with E-state index in [-0.39, 0.29) is 18.2 Å². The van der Waals surface area contributed by atoms with Crippen LogP contribution in [0.5, 0.6) is 17.2 Å². The van der Waals surface area contributed by atoms with Crippen LogP contribution in [0.3, 0.4) is 0 Å². The number of aromatic hydroxyl groups is 1. The van der Waals surface area contributed by atoms with Gasteiger partial charge in [0.1, 0.15) is 5.75 Å². The molecule has 1 heterocycles. The average molecular weight is 167 g/mol. The van der Waals surface area contributed by atoms with Gasteiger partial charge in [-0.1, -0.05) is 0 Å². The summed E-state index contributed by atoms with van der Waals surface area (Å²) in [6.45, 7) is 0.108. The maximum atomic E-state index is 10.1. The van der Waals surface area contributed by atoms with Gasteiger partial charge in [0.2, 0.25) is 6.79 Å². The molecule has 0 spiro atoms. The molecule has 0 aromatic heterocycles. The van der Waals surface area contributed by atoms with Crippen molar-refractivity contribution in [3.05, 3.63) is 17.0 Å². The lowest BCUT2D eigenvalue weighted by molar-refractivity contribution is 0.174. The molecule has 1 N–H and O–H groups in total. The van der Waals surface area contributed by atoms with Crippen LogP contribution in [0.1, 0.15) is 0 Å². The van der Waals surface area contributed by atoms with E-state index in [9.17, 15) is 4.91 Å². The largest absolute Gasteiger partial charge is 0.505 e. The molecule has 1 aliphatic heterocycles. The maximum Gasteiger partial charge on any atom is 0.231 e. The molecule has 0 saturated carbocycles. The lowest BCUT2D eigenvalue weighted by Crippen LogP contribution is -1.92. The fourth-order valence-electron chi connectivity index (χ4n) is 0.994. The van der Waals surface area contributed by atoms with Gasteiger partial charge in [0.15, 0.2) is 17.2 Å². The molecule has 0 bridgehead atoms. The van der Waals surface area contributed by atoms with Crippen molar-refractivity contribution in [3.8, 4) is 17.2 Å². The Morgan fingerprint density at radius 3 is 2.67 bits per heavy atom. The summed E-state index contributed by atoms with van der Waals surface area (Å²) in [4.78, 5) is 10.1. The SMILES string of the molecule is O=Nc1cc2c(cc1O)OCO2. The van der Waals surface area contributed by atoms with Crippen LogP contribution >= 0.6 is 0 Å². The van der Waals surface area contributed by atoms with Crippen LogP contribution in [-0.2, 0) is 0 Å². The van der Waals surface area contributed by atoms with Gasteiger partial charge in [0.05, 0.1) is 0 Å². The number of phenols is 1. The van der Waals surface area contributed by atoms with E-state index in [1.54, 1.807) is 0 Å². The van der Waals surface area contributed by atoms with Crippen molar-refractivity contribution >= 4 is 5.69 Å². The van der Waals surface area contributed by atoms with E-state index in [0.29, 0.717) is 11.5 Å². The highest BCUT2D eigenvalue weighted by atomic mass is 16.7. The van der Waals surface area contributed by atoms with Crippen LogP contribution < -0.4 is 9.47 Å². The Labute approximate surface area is 67.5 Å². The molecule has 1 aromatic rings. The summed E-state index contributed by atoms with van der Waals surface area (Å²) in [5.41, 5.74) is -0.0424. The van der Waals surface area contributed by atoms with E-state index in [0.717, 1.165) is 0 Å². The number of benzene rings is 1.